The summed E-state index contributed by atoms with van der Waals surface area (Å²) in [6.07, 6.45) is 2.68. The summed E-state index contributed by atoms with van der Waals surface area (Å²) in [6, 6.07) is 15.5. The largest absolute Gasteiger partial charge is 0.321 e. The average Bonchev–Trinajstić information content (AvgIpc) is 2.73. The number of allylic oxidation sites excluding steroid dienone is 1. The first kappa shape index (κ1) is 12.0. The summed E-state index contributed by atoms with van der Waals surface area (Å²) in [7, 11) is 0. The quantitative estimate of drug-likeness (QED) is 0.823. The fourth-order valence-electron chi connectivity index (χ4n) is 2.20. The maximum absolute atomic E-state index is 11.9. The van der Waals surface area contributed by atoms with Gasteiger partial charge in [-0.15, -0.1) is 0 Å². The van der Waals surface area contributed by atoms with Gasteiger partial charge in [-0.05, 0) is 30.2 Å². The van der Waals surface area contributed by atoms with Gasteiger partial charge < -0.3 is 5.32 Å². The highest BCUT2D eigenvalue weighted by atomic mass is 35.5. The minimum atomic E-state index is -0.0619. The number of hydrogen-bond donors (Lipinski definition) is 1. The van der Waals surface area contributed by atoms with E-state index < -0.39 is 0 Å². The number of carbonyl (C=O) groups excluding carboxylic acids is 1. The number of hydrogen-bond acceptors (Lipinski definition) is 1. The Hall–Kier alpha value is -2.06. The van der Waals surface area contributed by atoms with Crippen LogP contribution in [-0.4, -0.2) is 5.91 Å². The summed E-state index contributed by atoms with van der Waals surface area (Å²) >= 11 is 5.99. The second-order valence-electron chi connectivity index (χ2n) is 4.45. The highest BCUT2D eigenvalue weighted by Crippen LogP contribution is 2.33. The molecule has 0 aliphatic carbocycles. The molecule has 1 aliphatic rings. The van der Waals surface area contributed by atoms with Crippen LogP contribution in [0.5, 0.6) is 0 Å². The van der Waals surface area contributed by atoms with Crippen LogP contribution >= 0.6 is 11.6 Å². The van der Waals surface area contributed by atoms with E-state index in [0.29, 0.717) is 10.6 Å². The number of benzene rings is 2. The number of amides is 1. The zero-order chi connectivity index (χ0) is 13.2. The Labute approximate surface area is 116 Å². The van der Waals surface area contributed by atoms with Crippen LogP contribution in [0, 0.1) is 0 Å². The third-order valence-electron chi connectivity index (χ3n) is 3.15. The molecule has 1 heterocycles. The molecule has 3 rings (SSSR count). The first-order chi connectivity index (χ1) is 9.24. The predicted molar refractivity (Wildman–Crippen MR) is 78.2 cm³/mol. The number of rotatable bonds is 2. The van der Waals surface area contributed by atoms with Gasteiger partial charge in [-0.3, -0.25) is 4.79 Å². The van der Waals surface area contributed by atoms with E-state index in [4.69, 9.17) is 11.6 Å². The second-order valence-corrected chi connectivity index (χ2v) is 4.89. The summed E-state index contributed by atoms with van der Waals surface area (Å²) in [6.45, 7) is 0. The summed E-state index contributed by atoms with van der Waals surface area (Å²) < 4.78 is 0. The molecule has 3 heteroatoms. The lowest BCUT2D eigenvalue weighted by atomic mass is 10.0. The first-order valence-corrected chi connectivity index (χ1v) is 6.47. The molecule has 2 aromatic carbocycles. The molecule has 0 saturated heterocycles. The van der Waals surface area contributed by atoms with E-state index >= 15 is 0 Å². The molecule has 0 radical (unpaired) electrons. The van der Waals surface area contributed by atoms with Crippen LogP contribution in [-0.2, 0) is 11.2 Å². The van der Waals surface area contributed by atoms with Crippen molar-refractivity contribution in [3.05, 3.63) is 70.8 Å². The molecule has 19 heavy (non-hydrogen) atoms. The molecule has 0 fully saturated rings. The first-order valence-electron chi connectivity index (χ1n) is 6.09. The van der Waals surface area contributed by atoms with Gasteiger partial charge >= 0.3 is 0 Å². The highest BCUT2D eigenvalue weighted by Gasteiger charge is 2.23. The Morgan fingerprint density at radius 2 is 1.89 bits per heavy atom. The Kier molecular flexibility index (Phi) is 3.10. The number of carbonyl (C=O) groups is 1. The van der Waals surface area contributed by atoms with Gasteiger partial charge in [-0.1, -0.05) is 48.0 Å². The molecule has 0 aromatic heterocycles. The van der Waals surface area contributed by atoms with Gasteiger partial charge in [-0.2, -0.15) is 0 Å². The van der Waals surface area contributed by atoms with Gasteiger partial charge in [0.1, 0.15) is 0 Å². The van der Waals surface area contributed by atoms with E-state index in [1.54, 1.807) is 6.07 Å². The lowest BCUT2D eigenvalue weighted by Crippen LogP contribution is -2.03. The SMILES string of the molecule is O=C1Nc2ccc(Cl)cc2C1=CCc1ccccc1. The molecule has 1 amide bonds. The topological polar surface area (TPSA) is 29.1 Å². The minimum absolute atomic E-state index is 0.0619. The second kappa shape index (κ2) is 4.90. The van der Waals surface area contributed by atoms with Gasteiger partial charge in [0.15, 0.2) is 0 Å². The number of nitrogens with one attached hydrogen (secondary N) is 1. The van der Waals surface area contributed by atoms with E-state index in [9.17, 15) is 4.79 Å². The molecular weight excluding hydrogens is 258 g/mol. The summed E-state index contributed by atoms with van der Waals surface area (Å²) in [4.78, 5) is 11.9. The molecule has 94 valence electrons. The third kappa shape index (κ3) is 2.40. The Balaban J connectivity index is 1.93. The minimum Gasteiger partial charge on any atom is -0.321 e. The third-order valence-corrected chi connectivity index (χ3v) is 3.38. The van der Waals surface area contributed by atoms with E-state index in [0.717, 1.165) is 17.7 Å². The van der Waals surface area contributed by atoms with Crippen molar-refractivity contribution in [1.29, 1.82) is 0 Å². The molecule has 1 N–H and O–H groups in total. The van der Waals surface area contributed by atoms with Crippen molar-refractivity contribution in [2.24, 2.45) is 0 Å². The highest BCUT2D eigenvalue weighted by molar-refractivity contribution is 6.34. The zero-order valence-corrected chi connectivity index (χ0v) is 10.9. The summed E-state index contributed by atoms with van der Waals surface area (Å²) in [5.74, 6) is -0.0619. The van der Waals surface area contributed by atoms with Crippen LogP contribution in [0.2, 0.25) is 5.02 Å². The average molecular weight is 270 g/mol. The van der Waals surface area contributed by atoms with Crippen LogP contribution in [0.1, 0.15) is 11.1 Å². The van der Waals surface area contributed by atoms with Crippen molar-refractivity contribution in [3.8, 4) is 0 Å². The molecule has 0 bridgehead atoms. The van der Waals surface area contributed by atoms with Gasteiger partial charge in [0, 0.05) is 21.8 Å². The van der Waals surface area contributed by atoms with Crippen LogP contribution < -0.4 is 5.32 Å². The lowest BCUT2D eigenvalue weighted by Gasteiger charge is -2.00. The summed E-state index contributed by atoms with van der Waals surface area (Å²) in [5.41, 5.74) is 3.58. The summed E-state index contributed by atoms with van der Waals surface area (Å²) in [5, 5.41) is 3.48. The monoisotopic (exact) mass is 269 g/mol. The maximum atomic E-state index is 11.9. The van der Waals surface area contributed by atoms with Gasteiger partial charge in [0.2, 0.25) is 0 Å². The fraction of sp³-hybridized carbons (Fsp3) is 0.0625. The van der Waals surface area contributed by atoms with E-state index in [1.807, 2.05) is 48.5 Å². The normalized spacial score (nSPS) is 15.4. The smallest absolute Gasteiger partial charge is 0.256 e. The fourth-order valence-corrected chi connectivity index (χ4v) is 2.37. The Morgan fingerprint density at radius 3 is 2.68 bits per heavy atom. The van der Waals surface area contributed by atoms with Crippen LogP contribution in [0.4, 0.5) is 5.69 Å². The Morgan fingerprint density at radius 1 is 1.11 bits per heavy atom. The standard InChI is InChI=1S/C16H12ClNO/c17-12-7-9-15-14(10-12)13(16(19)18-15)8-6-11-4-2-1-3-5-11/h1-5,7-10H,6H2,(H,18,19). The number of anilines is 1. The molecule has 0 saturated carbocycles. The lowest BCUT2D eigenvalue weighted by molar-refractivity contribution is -0.110. The van der Waals surface area contributed by atoms with Crippen LogP contribution in [0.25, 0.3) is 5.57 Å². The van der Waals surface area contributed by atoms with Crippen molar-refractivity contribution < 1.29 is 4.79 Å². The molecule has 1 aliphatic heterocycles. The van der Waals surface area contributed by atoms with Gasteiger partial charge in [0.05, 0.1) is 0 Å². The van der Waals surface area contributed by atoms with Gasteiger partial charge in [-0.25, -0.2) is 0 Å². The number of fused-ring (bicyclic) bond motifs is 1. The van der Waals surface area contributed by atoms with Crippen molar-refractivity contribution in [1.82, 2.24) is 0 Å². The predicted octanol–water partition coefficient (Wildman–Crippen LogP) is 3.92. The van der Waals surface area contributed by atoms with Crippen molar-refractivity contribution >= 4 is 28.8 Å². The molecule has 0 unspecified atom stereocenters. The maximum Gasteiger partial charge on any atom is 0.256 e. The van der Waals surface area contributed by atoms with Crippen molar-refractivity contribution in [2.45, 2.75) is 6.42 Å². The Bertz CT molecular complexity index is 662. The molecule has 2 nitrogen and oxygen atoms in total. The van der Waals surface area contributed by atoms with E-state index in [-0.39, 0.29) is 5.91 Å². The van der Waals surface area contributed by atoms with Gasteiger partial charge in [0.25, 0.3) is 5.91 Å². The molecular formula is C16H12ClNO. The number of halogens is 1. The van der Waals surface area contributed by atoms with Crippen LogP contribution in [0.15, 0.2) is 54.6 Å². The van der Waals surface area contributed by atoms with E-state index in [2.05, 4.69) is 5.32 Å². The van der Waals surface area contributed by atoms with E-state index in [1.165, 1.54) is 5.56 Å². The molecule has 0 spiro atoms. The van der Waals surface area contributed by atoms with Crippen LogP contribution in [0.3, 0.4) is 0 Å². The van der Waals surface area contributed by atoms with Crippen molar-refractivity contribution in [2.75, 3.05) is 5.32 Å². The van der Waals surface area contributed by atoms with Crippen molar-refractivity contribution in [3.63, 3.8) is 0 Å². The molecule has 2 aromatic rings. The molecule has 0 atom stereocenters. The zero-order valence-electron chi connectivity index (χ0n) is 10.2.